The van der Waals surface area contributed by atoms with Crippen LogP contribution in [0.2, 0.25) is 0 Å². The van der Waals surface area contributed by atoms with Crippen molar-refractivity contribution in [3.05, 3.63) is 46.3 Å². The number of hydrogen-bond donors (Lipinski definition) is 1. The minimum absolute atomic E-state index is 0.307. The van der Waals surface area contributed by atoms with Crippen molar-refractivity contribution in [3.8, 4) is 11.3 Å². The number of rotatable bonds is 1. The average molecular weight is 205 g/mol. The Kier molecular flexibility index (Phi) is 3.92. The molecule has 0 spiro atoms. The molecule has 2 rings (SSSR count). The van der Waals surface area contributed by atoms with E-state index < -0.39 is 0 Å². The van der Waals surface area contributed by atoms with Crippen molar-refractivity contribution in [1.82, 2.24) is 5.16 Å². The number of H-pyrrole nitrogens is 1. The van der Waals surface area contributed by atoms with Gasteiger partial charge in [-0.25, -0.2) is 9.95 Å². The Morgan fingerprint density at radius 3 is 2.20 bits per heavy atom. The van der Waals surface area contributed by atoms with Crippen LogP contribution in [0.15, 0.2) is 39.6 Å². The Bertz CT molecular complexity index is 454. The van der Waals surface area contributed by atoms with E-state index in [4.69, 9.17) is 0 Å². The molecule has 0 aliphatic rings. The Balaban J connectivity index is 0.000000531. The summed E-state index contributed by atoms with van der Waals surface area (Å²) < 4.78 is 4.67. The summed E-state index contributed by atoms with van der Waals surface area (Å²) >= 11 is 0. The molecule has 0 fully saturated rings. The molecule has 0 bridgehead atoms. The molecule has 3 nitrogen and oxygen atoms in total. The molecule has 15 heavy (non-hydrogen) atoms. The average Bonchev–Trinajstić information content (AvgIpc) is 2.64. The molecule has 1 aromatic carbocycles. The fraction of sp³-hybridized carbons (Fsp3) is 0.250. The molecule has 1 heterocycles. The molecule has 1 N–H and O–H groups in total. The van der Waals surface area contributed by atoms with Crippen LogP contribution in [-0.2, 0) is 0 Å². The largest absolute Gasteiger partial charge is 0.360 e. The zero-order valence-electron chi connectivity index (χ0n) is 9.20. The van der Waals surface area contributed by atoms with E-state index in [2.05, 4.69) is 9.68 Å². The van der Waals surface area contributed by atoms with Crippen molar-refractivity contribution in [2.24, 2.45) is 0 Å². The van der Waals surface area contributed by atoms with Gasteiger partial charge in [-0.05, 0) is 6.92 Å². The van der Waals surface area contributed by atoms with E-state index >= 15 is 0 Å². The number of aromatic nitrogens is 1. The van der Waals surface area contributed by atoms with Gasteiger partial charge in [-0.1, -0.05) is 44.2 Å². The van der Waals surface area contributed by atoms with E-state index in [0.29, 0.717) is 5.56 Å². The third kappa shape index (κ3) is 2.37. The first-order valence-electron chi connectivity index (χ1n) is 5.02. The number of hydrogen-bond acceptors (Lipinski definition) is 2. The molecule has 0 unspecified atom stereocenters. The molecule has 0 aliphatic heterocycles. The molecular formula is C12H15NO2. The molecule has 80 valence electrons. The second kappa shape index (κ2) is 5.20. The van der Waals surface area contributed by atoms with Crippen molar-refractivity contribution < 1.29 is 4.52 Å². The predicted octanol–water partition coefficient (Wildman–Crippen LogP) is 2.97. The summed E-state index contributed by atoms with van der Waals surface area (Å²) in [4.78, 5) is 11.0. The lowest BCUT2D eigenvalue weighted by molar-refractivity contribution is 0.393. The topological polar surface area (TPSA) is 46.0 Å². The molecule has 0 aliphatic carbocycles. The molecule has 2 aromatic rings. The Labute approximate surface area is 88.7 Å². The van der Waals surface area contributed by atoms with E-state index in [1.807, 2.05) is 44.2 Å². The molecule has 0 amide bonds. The first kappa shape index (κ1) is 11.3. The minimum Gasteiger partial charge on any atom is -0.338 e. The van der Waals surface area contributed by atoms with Gasteiger partial charge in [0.2, 0.25) is 0 Å². The highest BCUT2D eigenvalue weighted by atomic mass is 16.5. The maximum Gasteiger partial charge on any atom is 0.360 e. The Hall–Kier alpha value is -1.77. The van der Waals surface area contributed by atoms with Gasteiger partial charge >= 0.3 is 5.63 Å². The van der Waals surface area contributed by atoms with Crippen LogP contribution < -0.4 is 5.63 Å². The standard InChI is InChI=1S/C10H9NO2.C2H6/c1-7-9(11-13-10(7)12)8-5-3-2-4-6-8;1-2/h2-6,11H,1H3;1-2H3. The molecule has 0 saturated heterocycles. The van der Waals surface area contributed by atoms with Crippen molar-refractivity contribution in [2.75, 3.05) is 0 Å². The maximum atomic E-state index is 11.0. The Morgan fingerprint density at radius 1 is 1.13 bits per heavy atom. The van der Waals surface area contributed by atoms with Gasteiger partial charge in [-0.2, -0.15) is 0 Å². The maximum absolute atomic E-state index is 11.0. The zero-order chi connectivity index (χ0) is 11.3. The van der Waals surface area contributed by atoms with Crippen LogP contribution >= 0.6 is 0 Å². The van der Waals surface area contributed by atoms with Gasteiger partial charge in [0.1, 0.15) is 0 Å². The highest BCUT2D eigenvalue weighted by Crippen LogP contribution is 2.17. The van der Waals surface area contributed by atoms with Crippen molar-refractivity contribution in [2.45, 2.75) is 20.8 Å². The number of aromatic amines is 1. The Morgan fingerprint density at radius 2 is 1.73 bits per heavy atom. The second-order valence-corrected chi connectivity index (χ2v) is 2.86. The molecule has 3 heteroatoms. The summed E-state index contributed by atoms with van der Waals surface area (Å²) in [6, 6.07) is 9.61. The lowest BCUT2D eigenvalue weighted by atomic mass is 10.1. The lowest BCUT2D eigenvalue weighted by Gasteiger charge is -1.95. The lowest BCUT2D eigenvalue weighted by Crippen LogP contribution is -1.95. The molecule has 1 aromatic heterocycles. The van der Waals surface area contributed by atoms with E-state index in [0.717, 1.165) is 11.3 Å². The van der Waals surface area contributed by atoms with Gasteiger partial charge in [0.25, 0.3) is 0 Å². The smallest absolute Gasteiger partial charge is 0.338 e. The first-order valence-corrected chi connectivity index (χ1v) is 5.02. The minimum atomic E-state index is -0.307. The van der Waals surface area contributed by atoms with Gasteiger partial charge in [0.15, 0.2) is 0 Å². The van der Waals surface area contributed by atoms with Crippen LogP contribution in [0.4, 0.5) is 0 Å². The first-order chi connectivity index (χ1) is 7.29. The highest BCUT2D eigenvalue weighted by molar-refractivity contribution is 5.61. The van der Waals surface area contributed by atoms with Crippen molar-refractivity contribution >= 4 is 0 Å². The van der Waals surface area contributed by atoms with Gasteiger partial charge < -0.3 is 4.52 Å². The van der Waals surface area contributed by atoms with E-state index in [1.165, 1.54) is 0 Å². The summed E-state index contributed by atoms with van der Waals surface area (Å²) in [6.07, 6.45) is 0. The van der Waals surface area contributed by atoms with Gasteiger partial charge in [-0.15, -0.1) is 0 Å². The molecular weight excluding hydrogens is 190 g/mol. The van der Waals surface area contributed by atoms with Crippen LogP contribution in [0.25, 0.3) is 11.3 Å². The summed E-state index contributed by atoms with van der Waals surface area (Å²) in [5.74, 6) is 0. The second-order valence-electron chi connectivity index (χ2n) is 2.86. The summed E-state index contributed by atoms with van der Waals surface area (Å²) in [6.45, 7) is 5.74. The summed E-state index contributed by atoms with van der Waals surface area (Å²) in [7, 11) is 0. The van der Waals surface area contributed by atoms with Crippen LogP contribution in [0, 0.1) is 6.92 Å². The highest BCUT2D eigenvalue weighted by Gasteiger charge is 2.07. The summed E-state index contributed by atoms with van der Waals surface area (Å²) in [5, 5.41) is 2.60. The monoisotopic (exact) mass is 205 g/mol. The van der Waals surface area contributed by atoms with Crippen LogP contribution in [0.3, 0.4) is 0 Å². The predicted molar refractivity (Wildman–Crippen MR) is 60.8 cm³/mol. The number of nitrogens with one attached hydrogen (secondary N) is 1. The van der Waals surface area contributed by atoms with Gasteiger partial charge in [0.05, 0.1) is 11.3 Å². The normalized spacial score (nSPS) is 9.27. The molecule has 0 saturated carbocycles. The third-order valence-corrected chi connectivity index (χ3v) is 1.99. The molecule has 0 radical (unpaired) electrons. The zero-order valence-corrected chi connectivity index (χ0v) is 9.20. The third-order valence-electron chi connectivity index (χ3n) is 1.99. The van der Waals surface area contributed by atoms with Crippen LogP contribution in [-0.4, -0.2) is 5.16 Å². The van der Waals surface area contributed by atoms with E-state index in [9.17, 15) is 4.79 Å². The van der Waals surface area contributed by atoms with Crippen LogP contribution in [0.5, 0.6) is 0 Å². The van der Waals surface area contributed by atoms with Crippen molar-refractivity contribution in [1.29, 1.82) is 0 Å². The SMILES string of the molecule is CC.Cc1c(-c2ccccc2)[nH]oc1=O. The van der Waals surface area contributed by atoms with E-state index in [-0.39, 0.29) is 5.63 Å². The fourth-order valence-electron chi connectivity index (χ4n) is 1.23. The van der Waals surface area contributed by atoms with E-state index in [1.54, 1.807) is 6.92 Å². The molecule has 0 atom stereocenters. The summed E-state index contributed by atoms with van der Waals surface area (Å²) in [5.41, 5.74) is 2.03. The fourth-order valence-corrected chi connectivity index (χ4v) is 1.23. The van der Waals surface area contributed by atoms with Crippen LogP contribution in [0.1, 0.15) is 19.4 Å². The van der Waals surface area contributed by atoms with Gasteiger partial charge in [-0.3, -0.25) is 0 Å². The number of benzene rings is 1. The van der Waals surface area contributed by atoms with Crippen molar-refractivity contribution in [3.63, 3.8) is 0 Å². The van der Waals surface area contributed by atoms with Gasteiger partial charge in [0, 0.05) is 5.56 Å². The quantitative estimate of drug-likeness (QED) is 0.777.